The first kappa shape index (κ1) is 7.53. The third-order valence-electron chi connectivity index (χ3n) is 3.10. The number of fused-ring (bicyclic) bond motifs is 1. The smallest absolute Gasteiger partial charge is 0.195 e. The summed E-state index contributed by atoms with van der Waals surface area (Å²) in [5.74, 6) is 1.04. The zero-order chi connectivity index (χ0) is 8.06. The molecule has 0 radical (unpaired) electrons. The van der Waals surface area contributed by atoms with Crippen LogP contribution in [-0.2, 0) is 10.2 Å². The van der Waals surface area contributed by atoms with E-state index in [0.29, 0.717) is 24.7 Å². The molecule has 2 unspecified atom stereocenters. The molecule has 2 rings (SSSR count). The van der Waals surface area contributed by atoms with E-state index >= 15 is 0 Å². The van der Waals surface area contributed by atoms with Gasteiger partial charge in [0.1, 0.15) is 0 Å². The lowest BCUT2D eigenvalue weighted by Gasteiger charge is -2.29. The maximum atomic E-state index is 12.4. The van der Waals surface area contributed by atoms with E-state index in [9.17, 15) is 12.3 Å². The molecule has 11 heavy (non-hydrogen) atoms. The van der Waals surface area contributed by atoms with Gasteiger partial charge in [0.15, 0.2) is 0 Å². The Hall–Kier alpha value is -0.120. The van der Waals surface area contributed by atoms with Crippen molar-refractivity contribution < 1.29 is 12.3 Å². The molecule has 4 heteroatoms. The van der Waals surface area contributed by atoms with Gasteiger partial charge in [-0.25, -0.2) is 0 Å². The summed E-state index contributed by atoms with van der Waals surface area (Å²) in [5, 5.41) is -0.667. The highest BCUT2D eigenvalue weighted by Gasteiger charge is 2.45. The van der Waals surface area contributed by atoms with Crippen LogP contribution in [0.2, 0.25) is 0 Å². The summed E-state index contributed by atoms with van der Waals surface area (Å²) in [6, 6.07) is 0. The lowest BCUT2D eigenvalue weighted by molar-refractivity contribution is 0.219. The molecule has 2 atom stereocenters. The molecule has 2 saturated carbocycles. The molecule has 0 saturated heterocycles. The first-order chi connectivity index (χ1) is 5.07. The highest BCUT2D eigenvalue weighted by molar-refractivity contribution is 7.87. The summed E-state index contributed by atoms with van der Waals surface area (Å²) in [4.78, 5) is 0. The quantitative estimate of drug-likeness (QED) is 0.570. The van der Waals surface area contributed by atoms with Crippen LogP contribution in [0.4, 0.5) is 3.89 Å². The number of rotatable bonds is 1. The molecule has 64 valence electrons. The van der Waals surface area contributed by atoms with Gasteiger partial charge in [-0.3, -0.25) is 0 Å². The monoisotopic (exact) mass is 178 g/mol. The second-order valence-corrected chi connectivity index (χ2v) is 5.28. The molecule has 0 aromatic rings. The van der Waals surface area contributed by atoms with E-state index in [0.717, 1.165) is 12.8 Å². The predicted molar refractivity (Wildman–Crippen MR) is 39.3 cm³/mol. The van der Waals surface area contributed by atoms with Crippen LogP contribution < -0.4 is 0 Å². The molecule has 0 heterocycles. The van der Waals surface area contributed by atoms with Crippen molar-refractivity contribution in [1.82, 2.24) is 0 Å². The van der Waals surface area contributed by atoms with Crippen LogP contribution >= 0.6 is 0 Å². The zero-order valence-corrected chi connectivity index (χ0v) is 6.98. The van der Waals surface area contributed by atoms with Gasteiger partial charge in [-0.2, -0.15) is 8.42 Å². The van der Waals surface area contributed by atoms with Crippen molar-refractivity contribution in [2.45, 2.75) is 30.9 Å². The standard InChI is InChI=1S/C7H11FO2S/c8-11(9,10)7-3-5-1-2-6(5)4-7/h5-7H,1-4H2. The SMILES string of the molecule is O=S(=O)(F)C1CC2CCC2C1. The molecule has 2 nitrogen and oxygen atoms in total. The van der Waals surface area contributed by atoms with E-state index in [1.165, 1.54) is 0 Å². The van der Waals surface area contributed by atoms with Crippen molar-refractivity contribution in [3.63, 3.8) is 0 Å². The number of halogens is 1. The Bertz CT molecular complexity index is 248. The number of hydrogen-bond acceptors (Lipinski definition) is 2. The fourth-order valence-electron chi connectivity index (χ4n) is 2.26. The average molecular weight is 178 g/mol. The Kier molecular flexibility index (Phi) is 1.50. The molecular formula is C7H11FO2S. The summed E-state index contributed by atoms with van der Waals surface area (Å²) in [7, 11) is -4.23. The lowest BCUT2D eigenvalue weighted by Crippen LogP contribution is -2.18. The van der Waals surface area contributed by atoms with Gasteiger partial charge in [-0.1, -0.05) is 0 Å². The Labute approximate surface area is 66.0 Å². The van der Waals surface area contributed by atoms with Crippen molar-refractivity contribution in [1.29, 1.82) is 0 Å². The normalized spacial score (nSPS) is 43.2. The van der Waals surface area contributed by atoms with Crippen molar-refractivity contribution in [3.8, 4) is 0 Å². The molecule has 0 aliphatic heterocycles. The maximum absolute atomic E-state index is 12.4. The largest absolute Gasteiger partial charge is 0.305 e. The molecule has 0 aromatic heterocycles. The highest BCUT2D eigenvalue weighted by atomic mass is 32.3. The Morgan fingerprint density at radius 3 is 1.82 bits per heavy atom. The van der Waals surface area contributed by atoms with E-state index in [1.54, 1.807) is 0 Å². The molecular weight excluding hydrogens is 167 g/mol. The lowest BCUT2D eigenvalue weighted by atomic mass is 9.77. The Morgan fingerprint density at radius 1 is 1.09 bits per heavy atom. The van der Waals surface area contributed by atoms with Gasteiger partial charge >= 0.3 is 10.2 Å². The molecule has 2 fully saturated rings. The van der Waals surface area contributed by atoms with E-state index in [-0.39, 0.29) is 0 Å². The third-order valence-corrected chi connectivity index (χ3v) is 4.29. The zero-order valence-electron chi connectivity index (χ0n) is 6.16. The molecule has 0 aromatic carbocycles. The molecule has 0 bridgehead atoms. The minimum absolute atomic E-state index is 0.519. The molecule has 0 amide bonds. The summed E-state index contributed by atoms with van der Waals surface area (Å²) in [6.45, 7) is 0. The minimum Gasteiger partial charge on any atom is -0.195 e. The first-order valence-electron chi connectivity index (χ1n) is 4.01. The van der Waals surface area contributed by atoms with E-state index < -0.39 is 15.5 Å². The Morgan fingerprint density at radius 2 is 1.55 bits per heavy atom. The molecule has 2 aliphatic carbocycles. The predicted octanol–water partition coefficient (Wildman–Crippen LogP) is 1.47. The second-order valence-electron chi connectivity index (χ2n) is 3.67. The summed E-state index contributed by atoms with van der Waals surface area (Å²) < 4.78 is 33.4. The molecule has 0 N–H and O–H groups in total. The van der Waals surface area contributed by atoms with E-state index in [4.69, 9.17) is 0 Å². The van der Waals surface area contributed by atoms with Gasteiger partial charge in [-0.05, 0) is 37.5 Å². The van der Waals surface area contributed by atoms with Gasteiger partial charge in [0.05, 0.1) is 5.25 Å². The van der Waals surface area contributed by atoms with Gasteiger partial charge in [0.2, 0.25) is 0 Å². The van der Waals surface area contributed by atoms with Gasteiger partial charge < -0.3 is 0 Å². The third kappa shape index (κ3) is 1.17. The van der Waals surface area contributed by atoms with Gasteiger partial charge in [-0.15, -0.1) is 3.89 Å². The number of hydrogen-bond donors (Lipinski definition) is 0. The highest BCUT2D eigenvalue weighted by Crippen LogP contribution is 2.48. The average Bonchev–Trinajstić information content (AvgIpc) is 2.06. The first-order valence-corrected chi connectivity index (χ1v) is 5.45. The summed E-state index contributed by atoms with van der Waals surface area (Å²) >= 11 is 0. The molecule has 2 aliphatic rings. The van der Waals surface area contributed by atoms with Gasteiger partial charge in [0, 0.05) is 0 Å². The summed E-state index contributed by atoms with van der Waals surface area (Å²) in [5.41, 5.74) is 0. The van der Waals surface area contributed by atoms with Crippen LogP contribution in [0.25, 0.3) is 0 Å². The summed E-state index contributed by atoms with van der Waals surface area (Å²) in [6.07, 6.45) is 3.36. The topological polar surface area (TPSA) is 34.1 Å². The fraction of sp³-hybridized carbons (Fsp3) is 1.00. The van der Waals surface area contributed by atoms with Crippen LogP contribution in [0.3, 0.4) is 0 Å². The van der Waals surface area contributed by atoms with Crippen molar-refractivity contribution >= 4 is 10.2 Å². The Balaban J connectivity index is 2.10. The van der Waals surface area contributed by atoms with E-state index in [1.807, 2.05) is 0 Å². The second kappa shape index (κ2) is 2.19. The van der Waals surface area contributed by atoms with Crippen LogP contribution in [0.5, 0.6) is 0 Å². The van der Waals surface area contributed by atoms with Crippen molar-refractivity contribution in [2.24, 2.45) is 11.8 Å². The van der Waals surface area contributed by atoms with Crippen molar-refractivity contribution in [3.05, 3.63) is 0 Å². The van der Waals surface area contributed by atoms with E-state index in [2.05, 4.69) is 0 Å². The maximum Gasteiger partial charge on any atom is 0.305 e. The van der Waals surface area contributed by atoms with Crippen molar-refractivity contribution in [2.75, 3.05) is 0 Å². The van der Waals surface area contributed by atoms with Crippen LogP contribution in [-0.4, -0.2) is 13.7 Å². The fourth-order valence-corrected chi connectivity index (χ4v) is 3.21. The van der Waals surface area contributed by atoms with Crippen LogP contribution in [0, 0.1) is 11.8 Å². The minimum atomic E-state index is -4.23. The molecule has 0 spiro atoms. The van der Waals surface area contributed by atoms with Crippen LogP contribution in [0.1, 0.15) is 25.7 Å². The van der Waals surface area contributed by atoms with Crippen LogP contribution in [0.15, 0.2) is 0 Å². The van der Waals surface area contributed by atoms with Gasteiger partial charge in [0.25, 0.3) is 0 Å².